The number of ether oxygens (including phenoxy) is 1. The fourth-order valence-electron chi connectivity index (χ4n) is 2.98. The number of esters is 1. The van der Waals surface area contributed by atoms with Gasteiger partial charge in [-0.25, -0.2) is 4.98 Å². The fourth-order valence-corrected chi connectivity index (χ4v) is 3.89. The molecule has 0 amide bonds. The molecule has 3 aromatic rings. The number of H-pyrrole nitrogens is 1. The van der Waals surface area contributed by atoms with Crippen LogP contribution in [0.4, 0.5) is 0 Å². The number of aromatic nitrogens is 3. The first kappa shape index (κ1) is 19.9. The first-order chi connectivity index (χ1) is 13.4. The fraction of sp³-hybridized carbons (Fsp3) is 0.300. The van der Waals surface area contributed by atoms with Crippen LogP contribution in [-0.4, -0.2) is 39.2 Å². The molecular formula is C20H21N3O4S. The molecule has 0 radical (unpaired) electrons. The van der Waals surface area contributed by atoms with Crippen LogP contribution in [0.25, 0.3) is 10.9 Å². The van der Waals surface area contributed by atoms with Crippen molar-refractivity contribution < 1.29 is 14.3 Å². The summed E-state index contributed by atoms with van der Waals surface area (Å²) in [4.78, 5) is 44.7. The van der Waals surface area contributed by atoms with E-state index in [-0.39, 0.29) is 30.1 Å². The van der Waals surface area contributed by atoms with Gasteiger partial charge in [0.05, 0.1) is 30.2 Å². The van der Waals surface area contributed by atoms with Crippen LogP contribution in [0.3, 0.4) is 0 Å². The summed E-state index contributed by atoms with van der Waals surface area (Å²) >= 11 is 1.19. The number of Topliss-reactive ketones (excluding diaryl/α,β-unsaturated/α-hetero) is 1. The van der Waals surface area contributed by atoms with Gasteiger partial charge < -0.3 is 9.72 Å². The Kier molecular flexibility index (Phi) is 5.99. The molecule has 3 rings (SSSR count). The van der Waals surface area contributed by atoms with Crippen molar-refractivity contribution in [2.24, 2.45) is 0 Å². The summed E-state index contributed by atoms with van der Waals surface area (Å²) < 4.78 is 6.11. The van der Waals surface area contributed by atoms with Crippen molar-refractivity contribution in [3.05, 3.63) is 57.6 Å². The van der Waals surface area contributed by atoms with Crippen LogP contribution >= 0.6 is 11.8 Å². The summed E-state index contributed by atoms with van der Waals surface area (Å²) in [6, 6.07) is 8.84. The normalized spacial score (nSPS) is 11.0. The van der Waals surface area contributed by atoms with E-state index in [9.17, 15) is 14.4 Å². The zero-order valence-corrected chi connectivity index (χ0v) is 16.8. The lowest BCUT2D eigenvalue weighted by Gasteiger charge is -2.12. The number of carbonyl (C=O) groups is 2. The largest absolute Gasteiger partial charge is 0.469 e. The van der Waals surface area contributed by atoms with E-state index in [1.54, 1.807) is 24.3 Å². The Morgan fingerprint density at radius 1 is 1.25 bits per heavy atom. The molecule has 2 aromatic heterocycles. The minimum absolute atomic E-state index is 0.0474. The van der Waals surface area contributed by atoms with Gasteiger partial charge in [-0.2, -0.15) is 0 Å². The molecule has 0 unspecified atom stereocenters. The van der Waals surface area contributed by atoms with Crippen molar-refractivity contribution in [2.45, 2.75) is 32.0 Å². The molecule has 146 valence electrons. The maximum atomic E-state index is 12.9. The molecular weight excluding hydrogens is 378 g/mol. The number of hydrogen-bond donors (Lipinski definition) is 1. The highest BCUT2D eigenvalue weighted by Crippen LogP contribution is 2.21. The Bertz CT molecular complexity index is 1100. The number of nitrogens with one attached hydrogen (secondary N) is 1. The first-order valence-corrected chi connectivity index (χ1v) is 9.78. The third kappa shape index (κ3) is 4.17. The smallest absolute Gasteiger partial charge is 0.307 e. The number of aryl methyl sites for hydroxylation is 2. The molecule has 0 bridgehead atoms. The van der Waals surface area contributed by atoms with Crippen LogP contribution in [-0.2, 0) is 16.1 Å². The molecule has 8 heteroatoms. The Balaban J connectivity index is 1.91. The molecule has 2 heterocycles. The number of aromatic amines is 1. The zero-order valence-electron chi connectivity index (χ0n) is 15.9. The van der Waals surface area contributed by atoms with Crippen molar-refractivity contribution in [1.82, 2.24) is 14.5 Å². The second-order valence-electron chi connectivity index (χ2n) is 6.40. The number of fused-ring (bicyclic) bond motifs is 1. The Morgan fingerprint density at radius 3 is 2.68 bits per heavy atom. The molecule has 1 aromatic carbocycles. The van der Waals surface area contributed by atoms with E-state index >= 15 is 0 Å². The molecule has 0 atom stereocenters. The lowest BCUT2D eigenvalue weighted by molar-refractivity contribution is -0.140. The van der Waals surface area contributed by atoms with Crippen molar-refractivity contribution in [3.8, 4) is 0 Å². The molecule has 7 nitrogen and oxygen atoms in total. The van der Waals surface area contributed by atoms with Gasteiger partial charge in [0, 0.05) is 23.5 Å². The maximum Gasteiger partial charge on any atom is 0.307 e. The summed E-state index contributed by atoms with van der Waals surface area (Å²) in [6.07, 6.45) is 0.0496. The highest BCUT2D eigenvalue weighted by Gasteiger charge is 2.17. The molecule has 0 aliphatic rings. The third-order valence-electron chi connectivity index (χ3n) is 4.38. The number of carbonyl (C=O) groups excluding carboxylic acids is 2. The van der Waals surface area contributed by atoms with Crippen LogP contribution in [0.1, 0.15) is 28.2 Å². The molecule has 28 heavy (non-hydrogen) atoms. The van der Waals surface area contributed by atoms with Gasteiger partial charge in [-0.1, -0.05) is 23.9 Å². The van der Waals surface area contributed by atoms with E-state index in [0.717, 1.165) is 11.4 Å². The van der Waals surface area contributed by atoms with Crippen LogP contribution in [0.5, 0.6) is 0 Å². The van der Waals surface area contributed by atoms with E-state index in [2.05, 4.69) is 14.7 Å². The molecule has 0 aliphatic carbocycles. The van der Waals surface area contributed by atoms with E-state index in [4.69, 9.17) is 0 Å². The summed E-state index contributed by atoms with van der Waals surface area (Å²) in [6.45, 7) is 3.89. The molecule has 0 aliphatic heterocycles. The number of thioether (sulfide) groups is 1. The van der Waals surface area contributed by atoms with E-state index < -0.39 is 5.97 Å². The van der Waals surface area contributed by atoms with Crippen molar-refractivity contribution in [2.75, 3.05) is 12.9 Å². The topological polar surface area (TPSA) is 94.1 Å². The number of hydrogen-bond acceptors (Lipinski definition) is 6. The Morgan fingerprint density at radius 2 is 2.00 bits per heavy atom. The summed E-state index contributed by atoms with van der Waals surface area (Å²) in [5.74, 6) is -0.319. The predicted octanol–water partition coefficient (Wildman–Crippen LogP) is 2.88. The lowest BCUT2D eigenvalue weighted by atomic mass is 10.2. The van der Waals surface area contributed by atoms with E-state index in [0.29, 0.717) is 21.6 Å². The number of ketones is 1. The Hall–Kier alpha value is -2.87. The highest BCUT2D eigenvalue weighted by molar-refractivity contribution is 7.99. The average Bonchev–Trinajstić information content (AvgIpc) is 3.03. The second-order valence-corrected chi connectivity index (χ2v) is 7.34. The van der Waals surface area contributed by atoms with Crippen LogP contribution in [0, 0.1) is 13.8 Å². The van der Waals surface area contributed by atoms with Gasteiger partial charge in [0.2, 0.25) is 0 Å². The zero-order chi connectivity index (χ0) is 20.3. The van der Waals surface area contributed by atoms with Crippen LogP contribution in [0.15, 0.2) is 40.3 Å². The Labute approximate surface area is 166 Å². The van der Waals surface area contributed by atoms with E-state index in [1.807, 2.05) is 19.9 Å². The molecule has 1 N–H and O–H groups in total. The van der Waals surface area contributed by atoms with Gasteiger partial charge in [0.1, 0.15) is 0 Å². The molecule has 0 spiro atoms. The molecule has 0 saturated heterocycles. The molecule has 0 fully saturated rings. The van der Waals surface area contributed by atoms with Gasteiger partial charge in [-0.15, -0.1) is 0 Å². The number of para-hydroxylation sites is 1. The van der Waals surface area contributed by atoms with Crippen LogP contribution in [0.2, 0.25) is 0 Å². The summed E-state index contributed by atoms with van der Waals surface area (Å²) in [7, 11) is 1.30. The quantitative estimate of drug-likeness (QED) is 0.284. The summed E-state index contributed by atoms with van der Waals surface area (Å²) in [5, 5.41) is 0.881. The minimum Gasteiger partial charge on any atom is -0.469 e. The number of benzene rings is 1. The van der Waals surface area contributed by atoms with Crippen molar-refractivity contribution >= 4 is 34.4 Å². The third-order valence-corrected chi connectivity index (χ3v) is 5.35. The van der Waals surface area contributed by atoms with Gasteiger partial charge in [-0.05, 0) is 32.0 Å². The predicted molar refractivity (Wildman–Crippen MR) is 108 cm³/mol. The average molecular weight is 399 g/mol. The molecule has 0 saturated carbocycles. The maximum absolute atomic E-state index is 12.9. The minimum atomic E-state index is -0.412. The van der Waals surface area contributed by atoms with Gasteiger partial charge in [0.15, 0.2) is 10.9 Å². The summed E-state index contributed by atoms with van der Waals surface area (Å²) in [5.41, 5.74) is 2.69. The van der Waals surface area contributed by atoms with Crippen LogP contribution < -0.4 is 5.56 Å². The SMILES string of the molecule is COC(=O)CCn1c(SCC(=O)c2cc(C)[nH]c2C)nc2ccccc2c1=O. The number of rotatable bonds is 7. The standard InChI is InChI=1S/C20H21N3O4S/c1-12-10-15(13(2)21-12)17(24)11-28-20-22-16-7-5-4-6-14(16)19(26)23(20)9-8-18(25)27-3/h4-7,10,21H,8-9,11H2,1-3H3. The number of methoxy groups -OCH3 is 1. The van der Waals surface area contributed by atoms with E-state index in [1.165, 1.54) is 23.4 Å². The van der Waals surface area contributed by atoms with Crippen molar-refractivity contribution in [1.29, 1.82) is 0 Å². The van der Waals surface area contributed by atoms with Crippen molar-refractivity contribution in [3.63, 3.8) is 0 Å². The van der Waals surface area contributed by atoms with Gasteiger partial charge >= 0.3 is 5.97 Å². The van der Waals surface area contributed by atoms with Gasteiger partial charge in [0.25, 0.3) is 5.56 Å². The van der Waals surface area contributed by atoms with Gasteiger partial charge in [-0.3, -0.25) is 19.0 Å². The second kappa shape index (κ2) is 8.43. The number of nitrogens with zero attached hydrogens (tertiary/aromatic N) is 2. The monoisotopic (exact) mass is 399 g/mol. The highest BCUT2D eigenvalue weighted by atomic mass is 32.2. The first-order valence-electron chi connectivity index (χ1n) is 8.79. The lowest BCUT2D eigenvalue weighted by Crippen LogP contribution is -2.25.